The molecule has 2 aliphatic rings. The summed E-state index contributed by atoms with van der Waals surface area (Å²) in [6.07, 6.45) is 4.55. The van der Waals surface area contributed by atoms with Gasteiger partial charge >= 0.3 is 0 Å². The Labute approximate surface area is 66.4 Å². The Morgan fingerprint density at radius 1 is 1.50 bits per heavy atom. The number of halogens is 1. The van der Waals surface area contributed by atoms with Crippen molar-refractivity contribution >= 4 is 11.6 Å². The molecule has 2 aliphatic carbocycles. The second-order valence-electron chi connectivity index (χ2n) is 3.91. The standard InChI is InChI=1S/C8H13ClO/c9-5-8-2-1-6(3-8)7(10)4-8/h6-7,10H,1-5H2/t6-,7-,8-/m1/s1. The first-order valence-electron chi connectivity index (χ1n) is 4.00. The molecule has 58 valence electrons. The first-order chi connectivity index (χ1) is 4.76. The molecule has 0 radical (unpaired) electrons. The van der Waals surface area contributed by atoms with Gasteiger partial charge in [0, 0.05) is 5.88 Å². The molecule has 0 heterocycles. The minimum absolute atomic E-state index is 0.0347. The summed E-state index contributed by atoms with van der Waals surface area (Å²) in [6.45, 7) is 0. The number of fused-ring (bicyclic) bond motifs is 2. The van der Waals surface area contributed by atoms with Gasteiger partial charge in [0.15, 0.2) is 0 Å². The molecule has 0 spiro atoms. The summed E-state index contributed by atoms with van der Waals surface area (Å²) < 4.78 is 0. The fourth-order valence-corrected chi connectivity index (χ4v) is 2.90. The highest BCUT2D eigenvalue weighted by molar-refractivity contribution is 6.18. The Morgan fingerprint density at radius 2 is 2.30 bits per heavy atom. The maximum atomic E-state index is 9.46. The fourth-order valence-electron chi connectivity index (χ4n) is 2.55. The summed E-state index contributed by atoms with van der Waals surface area (Å²) in [7, 11) is 0. The fraction of sp³-hybridized carbons (Fsp3) is 1.00. The zero-order valence-corrected chi connectivity index (χ0v) is 6.77. The van der Waals surface area contributed by atoms with Crippen LogP contribution in [0.2, 0.25) is 0 Å². The molecule has 0 aromatic heterocycles. The predicted molar refractivity (Wildman–Crippen MR) is 41.1 cm³/mol. The van der Waals surface area contributed by atoms with Crippen LogP contribution >= 0.6 is 11.6 Å². The highest BCUT2D eigenvalue weighted by Gasteiger charge is 2.49. The molecule has 2 fully saturated rings. The summed E-state index contributed by atoms with van der Waals surface area (Å²) in [5.41, 5.74) is 0.339. The molecule has 0 aliphatic heterocycles. The van der Waals surface area contributed by atoms with Crippen molar-refractivity contribution in [3.05, 3.63) is 0 Å². The molecule has 2 heteroatoms. The molecule has 0 aromatic carbocycles. The molecule has 0 aromatic rings. The van der Waals surface area contributed by atoms with Crippen molar-refractivity contribution in [1.82, 2.24) is 0 Å². The van der Waals surface area contributed by atoms with E-state index in [0.29, 0.717) is 11.3 Å². The Balaban J connectivity index is 2.14. The van der Waals surface area contributed by atoms with Gasteiger partial charge < -0.3 is 5.11 Å². The molecule has 3 atom stereocenters. The largest absolute Gasteiger partial charge is 0.393 e. The van der Waals surface area contributed by atoms with Crippen molar-refractivity contribution in [2.45, 2.75) is 31.8 Å². The molecule has 10 heavy (non-hydrogen) atoms. The van der Waals surface area contributed by atoms with E-state index in [1.807, 2.05) is 0 Å². The summed E-state index contributed by atoms with van der Waals surface area (Å²) in [5.74, 6) is 1.33. The van der Waals surface area contributed by atoms with Crippen LogP contribution in [0.15, 0.2) is 0 Å². The molecule has 1 N–H and O–H groups in total. The lowest BCUT2D eigenvalue weighted by Gasteiger charge is -2.25. The lowest BCUT2D eigenvalue weighted by molar-refractivity contribution is 0.100. The van der Waals surface area contributed by atoms with Gasteiger partial charge in [-0.15, -0.1) is 11.6 Å². The normalized spacial score (nSPS) is 52.2. The third-order valence-corrected chi connectivity index (χ3v) is 3.78. The van der Waals surface area contributed by atoms with Crippen molar-refractivity contribution in [2.24, 2.45) is 11.3 Å². The van der Waals surface area contributed by atoms with Crippen molar-refractivity contribution < 1.29 is 5.11 Å². The Kier molecular flexibility index (Phi) is 1.47. The molecule has 0 saturated heterocycles. The van der Waals surface area contributed by atoms with Crippen LogP contribution in [-0.2, 0) is 0 Å². The van der Waals surface area contributed by atoms with Crippen LogP contribution < -0.4 is 0 Å². The summed E-state index contributed by atoms with van der Waals surface area (Å²) in [6, 6.07) is 0. The minimum atomic E-state index is -0.0347. The van der Waals surface area contributed by atoms with Gasteiger partial charge in [-0.3, -0.25) is 0 Å². The van der Waals surface area contributed by atoms with E-state index in [0.717, 1.165) is 12.3 Å². The molecule has 2 bridgehead atoms. The van der Waals surface area contributed by atoms with Gasteiger partial charge in [-0.05, 0) is 37.0 Å². The molecule has 0 amide bonds. The van der Waals surface area contributed by atoms with Gasteiger partial charge in [-0.2, -0.15) is 0 Å². The van der Waals surface area contributed by atoms with E-state index in [2.05, 4.69) is 0 Å². The van der Waals surface area contributed by atoms with E-state index in [4.69, 9.17) is 11.6 Å². The predicted octanol–water partition coefficient (Wildman–Crippen LogP) is 1.78. The third kappa shape index (κ3) is 0.802. The SMILES string of the molecule is O[C@@H]1C[C@@]2(CCl)CC[C@@H]1C2. The van der Waals surface area contributed by atoms with Gasteiger partial charge in [0.05, 0.1) is 6.10 Å². The highest BCUT2D eigenvalue weighted by atomic mass is 35.5. The number of rotatable bonds is 1. The van der Waals surface area contributed by atoms with E-state index in [1.54, 1.807) is 0 Å². The van der Waals surface area contributed by atoms with E-state index >= 15 is 0 Å². The topological polar surface area (TPSA) is 20.2 Å². The van der Waals surface area contributed by atoms with Gasteiger partial charge in [-0.25, -0.2) is 0 Å². The zero-order valence-electron chi connectivity index (χ0n) is 6.02. The van der Waals surface area contributed by atoms with Crippen LogP contribution in [0.4, 0.5) is 0 Å². The maximum absolute atomic E-state index is 9.46. The van der Waals surface area contributed by atoms with Gasteiger partial charge in [-0.1, -0.05) is 0 Å². The third-order valence-electron chi connectivity index (χ3n) is 3.21. The Bertz CT molecular complexity index is 144. The number of aliphatic hydroxyl groups is 1. The maximum Gasteiger partial charge on any atom is 0.0574 e. The second kappa shape index (κ2) is 2.12. The number of hydrogen-bond donors (Lipinski definition) is 1. The summed E-state index contributed by atoms with van der Waals surface area (Å²) in [5, 5.41) is 9.46. The average molecular weight is 161 g/mol. The van der Waals surface area contributed by atoms with Crippen LogP contribution in [0.1, 0.15) is 25.7 Å². The number of hydrogen-bond acceptors (Lipinski definition) is 1. The number of alkyl halides is 1. The van der Waals surface area contributed by atoms with Crippen LogP contribution in [-0.4, -0.2) is 17.1 Å². The van der Waals surface area contributed by atoms with E-state index in [9.17, 15) is 5.11 Å². The lowest BCUT2D eigenvalue weighted by atomic mass is 9.85. The molecule has 1 nitrogen and oxygen atoms in total. The lowest BCUT2D eigenvalue weighted by Crippen LogP contribution is -2.22. The molecular formula is C8H13ClO. The number of aliphatic hydroxyl groups excluding tert-OH is 1. The second-order valence-corrected chi connectivity index (χ2v) is 4.18. The van der Waals surface area contributed by atoms with E-state index in [1.165, 1.54) is 19.3 Å². The van der Waals surface area contributed by atoms with Crippen molar-refractivity contribution in [3.8, 4) is 0 Å². The summed E-state index contributed by atoms with van der Waals surface area (Å²) in [4.78, 5) is 0. The Morgan fingerprint density at radius 3 is 2.60 bits per heavy atom. The molecule has 2 rings (SSSR count). The van der Waals surface area contributed by atoms with Crippen molar-refractivity contribution in [2.75, 3.05) is 5.88 Å². The quantitative estimate of drug-likeness (QED) is 0.580. The first kappa shape index (κ1) is 6.93. The van der Waals surface area contributed by atoms with Crippen LogP contribution in [0, 0.1) is 11.3 Å². The van der Waals surface area contributed by atoms with Crippen molar-refractivity contribution in [3.63, 3.8) is 0 Å². The zero-order chi connectivity index (χ0) is 7.19. The van der Waals surface area contributed by atoms with Crippen LogP contribution in [0.3, 0.4) is 0 Å². The van der Waals surface area contributed by atoms with E-state index in [-0.39, 0.29) is 6.10 Å². The van der Waals surface area contributed by atoms with Gasteiger partial charge in [0.25, 0.3) is 0 Å². The van der Waals surface area contributed by atoms with Crippen molar-refractivity contribution in [1.29, 1.82) is 0 Å². The monoisotopic (exact) mass is 160 g/mol. The summed E-state index contributed by atoms with van der Waals surface area (Å²) >= 11 is 5.85. The average Bonchev–Trinajstić information content (AvgIpc) is 2.45. The Hall–Kier alpha value is 0.250. The first-order valence-corrected chi connectivity index (χ1v) is 4.53. The smallest absolute Gasteiger partial charge is 0.0574 e. The van der Waals surface area contributed by atoms with Gasteiger partial charge in [0.1, 0.15) is 0 Å². The van der Waals surface area contributed by atoms with E-state index < -0.39 is 0 Å². The van der Waals surface area contributed by atoms with Crippen LogP contribution in [0.25, 0.3) is 0 Å². The molecule has 0 unspecified atom stereocenters. The molecular weight excluding hydrogens is 148 g/mol. The van der Waals surface area contributed by atoms with Crippen LogP contribution in [0.5, 0.6) is 0 Å². The minimum Gasteiger partial charge on any atom is -0.393 e. The molecule has 2 saturated carbocycles. The van der Waals surface area contributed by atoms with Gasteiger partial charge in [0.2, 0.25) is 0 Å². The highest BCUT2D eigenvalue weighted by Crippen LogP contribution is 2.54.